The monoisotopic (exact) mass is 229 g/mol. The molecule has 1 unspecified atom stereocenters. The second-order valence-electron chi connectivity index (χ2n) is 4.35. The lowest BCUT2D eigenvalue weighted by Gasteiger charge is -2.16. The van der Waals surface area contributed by atoms with Gasteiger partial charge in [-0.2, -0.15) is 0 Å². The third kappa shape index (κ3) is 3.34. The maximum Gasteiger partial charge on any atom is 0.130 e. The molecular weight excluding hydrogens is 210 g/mol. The van der Waals surface area contributed by atoms with Gasteiger partial charge in [0.2, 0.25) is 0 Å². The highest BCUT2D eigenvalue weighted by atomic mass is 15.0. The van der Waals surface area contributed by atoms with Crippen LogP contribution in [0.1, 0.15) is 20.3 Å². The molecule has 1 atom stereocenters. The summed E-state index contributed by atoms with van der Waals surface area (Å²) in [6.07, 6.45) is 9.33. The lowest BCUT2D eigenvalue weighted by Crippen LogP contribution is -2.07. The van der Waals surface area contributed by atoms with Crippen LogP contribution in [0.15, 0.2) is 42.3 Å². The van der Waals surface area contributed by atoms with E-state index >= 15 is 0 Å². The minimum atomic E-state index is 0.600. The van der Waals surface area contributed by atoms with E-state index in [4.69, 9.17) is 0 Å². The molecule has 0 saturated heterocycles. The summed E-state index contributed by atoms with van der Waals surface area (Å²) in [5.74, 6) is 1.50. The van der Waals surface area contributed by atoms with Gasteiger partial charge in [-0.25, -0.2) is 4.98 Å². The highest BCUT2D eigenvalue weighted by Crippen LogP contribution is 2.19. The molecular formula is C14H19N3. The van der Waals surface area contributed by atoms with Crippen LogP contribution in [0, 0.1) is 5.92 Å². The fraction of sp³-hybridized carbons (Fsp3) is 0.357. The van der Waals surface area contributed by atoms with Crippen LogP contribution in [0.3, 0.4) is 0 Å². The molecule has 0 amide bonds. The van der Waals surface area contributed by atoms with Crippen molar-refractivity contribution >= 4 is 11.5 Å². The first kappa shape index (κ1) is 11.7. The highest BCUT2D eigenvalue weighted by Gasteiger charge is 2.06. The van der Waals surface area contributed by atoms with Crippen LogP contribution in [0.5, 0.6) is 0 Å². The van der Waals surface area contributed by atoms with Crippen molar-refractivity contribution in [1.29, 1.82) is 0 Å². The van der Waals surface area contributed by atoms with Gasteiger partial charge in [0.05, 0.1) is 11.9 Å². The second kappa shape index (κ2) is 5.53. The number of nitrogens with zero attached hydrogens (tertiary/aromatic N) is 1. The zero-order valence-corrected chi connectivity index (χ0v) is 10.4. The third-order valence-electron chi connectivity index (χ3n) is 2.71. The van der Waals surface area contributed by atoms with E-state index in [2.05, 4.69) is 47.7 Å². The van der Waals surface area contributed by atoms with Crippen molar-refractivity contribution in [3.05, 3.63) is 42.3 Å². The third-order valence-corrected chi connectivity index (χ3v) is 2.71. The Balaban J connectivity index is 1.99. The lowest BCUT2D eigenvalue weighted by atomic mass is 10.0. The van der Waals surface area contributed by atoms with E-state index in [9.17, 15) is 0 Å². The number of aromatic nitrogens is 1. The summed E-state index contributed by atoms with van der Waals surface area (Å²) >= 11 is 0. The van der Waals surface area contributed by atoms with Gasteiger partial charge in [0.25, 0.3) is 0 Å². The normalized spacial score (nSPS) is 18.7. The summed E-state index contributed by atoms with van der Waals surface area (Å²) in [5, 5.41) is 6.58. The van der Waals surface area contributed by atoms with Crippen molar-refractivity contribution in [3.8, 4) is 0 Å². The van der Waals surface area contributed by atoms with Crippen molar-refractivity contribution in [2.45, 2.75) is 20.3 Å². The van der Waals surface area contributed by atoms with Gasteiger partial charge in [0, 0.05) is 12.2 Å². The molecule has 0 radical (unpaired) electrons. The molecule has 17 heavy (non-hydrogen) atoms. The van der Waals surface area contributed by atoms with E-state index in [-0.39, 0.29) is 0 Å². The van der Waals surface area contributed by atoms with Gasteiger partial charge in [-0.15, -0.1) is 0 Å². The summed E-state index contributed by atoms with van der Waals surface area (Å²) < 4.78 is 0. The molecule has 3 heteroatoms. The van der Waals surface area contributed by atoms with Crippen LogP contribution in [0.2, 0.25) is 0 Å². The largest absolute Gasteiger partial charge is 0.384 e. The number of allylic oxidation sites excluding steroid dienone is 4. The Hall–Kier alpha value is -1.77. The van der Waals surface area contributed by atoms with Crippen molar-refractivity contribution in [2.75, 3.05) is 17.2 Å². The average molecular weight is 229 g/mol. The zero-order chi connectivity index (χ0) is 12.1. The molecule has 0 saturated carbocycles. The average Bonchev–Trinajstić information content (AvgIpc) is 2.32. The fourth-order valence-electron chi connectivity index (χ4n) is 1.88. The lowest BCUT2D eigenvalue weighted by molar-refractivity contribution is 0.709. The van der Waals surface area contributed by atoms with Crippen molar-refractivity contribution in [1.82, 2.24) is 4.98 Å². The Morgan fingerprint density at radius 2 is 2.29 bits per heavy atom. The van der Waals surface area contributed by atoms with E-state index in [0.29, 0.717) is 5.92 Å². The molecule has 0 spiro atoms. The first-order valence-corrected chi connectivity index (χ1v) is 6.12. The van der Waals surface area contributed by atoms with Gasteiger partial charge < -0.3 is 10.6 Å². The van der Waals surface area contributed by atoms with Gasteiger partial charge in [0.15, 0.2) is 0 Å². The van der Waals surface area contributed by atoms with Crippen LogP contribution < -0.4 is 10.6 Å². The number of pyridine rings is 1. The molecule has 3 nitrogen and oxygen atoms in total. The first-order valence-electron chi connectivity index (χ1n) is 6.12. The molecule has 90 valence electrons. The van der Waals surface area contributed by atoms with E-state index in [1.807, 2.05) is 18.3 Å². The van der Waals surface area contributed by atoms with E-state index in [1.165, 1.54) is 5.70 Å². The summed E-state index contributed by atoms with van der Waals surface area (Å²) in [6, 6.07) is 4.04. The molecule has 1 aliphatic carbocycles. The summed E-state index contributed by atoms with van der Waals surface area (Å²) in [4.78, 5) is 4.38. The van der Waals surface area contributed by atoms with E-state index < -0.39 is 0 Å². The Labute approximate surface area is 103 Å². The van der Waals surface area contributed by atoms with Gasteiger partial charge in [-0.05, 0) is 37.5 Å². The van der Waals surface area contributed by atoms with Crippen LogP contribution in [0.25, 0.3) is 0 Å². The molecule has 0 aromatic carbocycles. The van der Waals surface area contributed by atoms with E-state index in [1.54, 1.807) is 0 Å². The molecule has 1 aliphatic rings. The van der Waals surface area contributed by atoms with Crippen LogP contribution in [0.4, 0.5) is 11.5 Å². The maximum atomic E-state index is 4.38. The highest BCUT2D eigenvalue weighted by molar-refractivity contribution is 5.50. The Kier molecular flexibility index (Phi) is 3.81. The maximum absolute atomic E-state index is 4.38. The van der Waals surface area contributed by atoms with Gasteiger partial charge in [-0.3, -0.25) is 0 Å². The molecule has 2 N–H and O–H groups in total. The topological polar surface area (TPSA) is 37.0 Å². The Morgan fingerprint density at radius 3 is 2.94 bits per heavy atom. The number of nitrogens with one attached hydrogen (secondary N) is 2. The summed E-state index contributed by atoms with van der Waals surface area (Å²) in [7, 11) is 0. The molecule has 1 aromatic rings. The molecule has 2 rings (SSSR count). The fourth-order valence-corrected chi connectivity index (χ4v) is 1.88. The Bertz CT molecular complexity index is 418. The molecule has 0 aliphatic heterocycles. The molecule has 1 aromatic heterocycles. The quantitative estimate of drug-likeness (QED) is 0.830. The van der Waals surface area contributed by atoms with Crippen LogP contribution >= 0.6 is 0 Å². The number of rotatable bonds is 4. The Morgan fingerprint density at radius 1 is 1.41 bits per heavy atom. The second-order valence-corrected chi connectivity index (χ2v) is 4.35. The summed E-state index contributed by atoms with van der Waals surface area (Å²) in [6.45, 7) is 5.21. The standard InChI is InChI=1S/C14H19N3/c1-3-15-13-7-8-14(16-10-13)17-12-6-4-5-11(2)9-12/h4-8,10-11,15H,3,9H2,1-2H3,(H,16,17). The zero-order valence-electron chi connectivity index (χ0n) is 10.4. The summed E-state index contributed by atoms with van der Waals surface area (Å²) in [5.41, 5.74) is 2.28. The first-order chi connectivity index (χ1) is 8.28. The SMILES string of the molecule is CCNc1ccc(NC2=CC=CC(C)C2)nc1. The van der Waals surface area contributed by atoms with Crippen molar-refractivity contribution in [2.24, 2.45) is 5.92 Å². The minimum Gasteiger partial charge on any atom is -0.384 e. The minimum absolute atomic E-state index is 0.600. The van der Waals surface area contributed by atoms with Crippen molar-refractivity contribution in [3.63, 3.8) is 0 Å². The predicted octanol–water partition coefficient (Wildman–Crippen LogP) is 3.41. The number of hydrogen-bond acceptors (Lipinski definition) is 3. The molecule has 0 fully saturated rings. The van der Waals surface area contributed by atoms with Gasteiger partial charge >= 0.3 is 0 Å². The number of hydrogen-bond donors (Lipinski definition) is 2. The van der Waals surface area contributed by atoms with Gasteiger partial charge in [0.1, 0.15) is 5.82 Å². The van der Waals surface area contributed by atoms with Crippen LogP contribution in [-0.4, -0.2) is 11.5 Å². The van der Waals surface area contributed by atoms with E-state index in [0.717, 1.165) is 24.5 Å². The van der Waals surface area contributed by atoms with Crippen molar-refractivity contribution < 1.29 is 0 Å². The van der Waals surface area contributed by atoms with Crippen LogP contribution in [-0.2, 0) is 0 Å². The smallest absolute Gasteiger partial charge is 0.130 e. The van der Waals surface area contributed by atoms with Gasteiger partial charge in [-0.1, -0.05) is 19.1 Å². The number of anilines is 2. The molecule has 0 bridgehead atoms. The predicted molar refractivity (Wildman–Crippen MR) is 73.0 cm³/mol. The molecule has 1 heterocycles.